The van der Waals surface area contributed by atoms with Gasteiger partial charge in [-0.3, -0.25) is 4.79 Å². The number of rotatable bonds is 6. The molecule has 1 unspecified atom stereocenters. The van der Waals surface area contributed by atoms with E-state index in [1.807, 2.05) is 24.3 Å². The standard InChI is InChI=1S/C15H22O2/c1-4-6-7-15(16)17-14-10-8-13(9-11-14)12(3)5-2/h8-12H,4-7H2,1-3H3. The molecular weight excluding hydrogens is 212 g/mol. The quantitative estimate of drug-likeness (QED) is 0.542. The maximum atomic E-state index is 11.4. The van der Waals surface area contributed by atoms with Crippen LogP contribution in [0.3, 0.4) is 0 Å². The molecular formula is C15H22O2. The molecule has 1 aromatic rings. The van der Waals surface area contributed by atoms with Gasteiger partial charge < -0.3 is 4.74 Å². The van der Waals surface area contributed by atoms with E-state index in [9.17, 15) is 4.79 Å². The summed E-state index contributed by atoms with van der Waals surface area (Å²) in [6.07, 6.45) is 3.53. The van der Waals surface area contributed by atoms with E-state index < -0.39 is 0 Å². The van der Waals surface area contributed by atoms with Crippen molar-refractivity contribution >= 4 is 5.97 Å². The molecule has 0 spiro atoms. The fraction of sp³-hybridized carbons (Fsp3) is 0.533. The molecule has 2 nitrogen and oxygen atoms in total. The highest BCUT2D eigenvalue weighted by molar-refractivity contribution is 5.72. The molecule has 17 heavy (non-hydrogen) atoms. The molecule has 94 valence electrons. The molecule has 1 rings (SSSR count). The zero-order valence-corrected chi connectivity index (χ0v) is 11.0. The average molecular weight is 234 g/mol. The van der Waals surface area contributed by atoms with E-state index in [1.54, 1.807) is 0 Å². The zero-order valence-electron chi connectivity index (χ0n) is 11.0. The number of hydrogen-bond donors (Lipinski definition) is 0. The van der Waals surface area contributed by atoms with Crippen LogP contribution in [0.2, 0.25) is 0 Å². The van der Waals surface area contributed by atoms with Crippen molar-refractivity contribution in [1.29, 1.82) is 0 Å². The summed E-state index contributed by atoms with van der Waals surface area (Å²) in [5, 5.41) is 0. The Kier molecular flexibility index (Phi) is 5.75. The summed E-state index contributed by atoms with van der Waals surface area (Å²) in [5.41, 5.74) is 1.29. The Morgan fingerprint density at radius 3 is 2.41 bits per heavy atom. The number of esters is 1. The molecule has 1 aromatic carbocycles. The van der Waals surface area contributed by atoms with Gasteiger partial charge in [0.15, 0.2) is 0 Å². The maximum Gasteiger partial charge on any atom is 0.311 e. The van der Waals surface area contributed by atoms with Crippen LogP contribution in [-0.2, 0) is 4.79 Å². The summed E-state index contributed by atoms with van der Waals surface area (Å²) in [4.78, 5) is 11.4. The Morgan fingerprint density at radius 2 is 1.88 bits per heavy atom. The second-order valence-corrected chi connectivity index (χ2v) is 4.46. The van der Waals surface area contributed by atoms with E-state index in [2.05, 4.69) is 20.8 Å². The Morgan fingerprint density at radius 1 is 1.24 bits per heavy atom. The summed E-state index contributed by atoms with van der Waals surface area (Å²) in [5.74, 6) is 1.07. The third-order valence-electron chi connectivity index (χ3n) is 3.03. The van der Waals surface area contributed by atoms with Crippen molar-refractivity contribution in [3.05, 3.63) is 29.8 Å². The predicted molar refractivity (Wildman–Crippen MR) is 70.3 cm³/mol. The summed E-state index contributed by atoms with van der Waals surface area (Å²) in [6, 6.07) is 7.84. The van der Waals surface area contributed by atoms with E-state index >= 15 is 0 Å². The first kappa shape index (κ1) is 13.8. The van der Waals surface area contributed by atoms with Crippen molar-refractivity contribution in [1.82, 2.24) is 0 Å². The van der Waals surface area contributed by atoms with E-state index in [-0.39, 0.29) is 5.97 Å². The van der Waals surface area contributed by atoms with Gasteiger partial charge in [0.2, 0.25) is 0 Å². The van der Waals surface area contributed by atoms with Crippen molar-refractivity contribution in [2.24, 2.45) is 0 Å². The molecule has 0 saturated heterocycles. The van der Waals surface area contributed by atoms with Crippen LogP contribution in [0, 0.1) is 0 Å². The molecule has 2 heteroatoms. The van der Waals surface area contributed by atoms with Crippen LogP contribution in [0.5, 0.6) is 5.75 Å². The average Bonchev–Trinajstić information content (AvgIpc) is 2.36. The Balaban J connectivity index is 2.53. The van der Waals surface area contributed by atoms with Crippen LogP contribution >= 0.6 is 0 Å². The van der Waals surface area contributed by atoms with Crippen LogP contribution < -0.4 is 4.74 Å². The fourth-order valence-electron chi connectivity index (χ4n) is 1.60. The van der Waals surface area contributed by atoms with E-state index in [1.165, 1.54) is 5.56 Å². The zero-order chi connectivity index (χ0) is 12.7. The van der Waals surface area contributed by atoms with Crippen molar-refractivity contribution in [3.8, 4) is 5.75 Å². The monoisotopic (exact) mass is 234 g/mol. The minimum Gasteiger partial charge on any atom is -0.427 e. The van der Waals surface area contributed by atoms with Crippen molar-refractivity contribution in [2.75, 3.05) is 0 Å². The van der Waals surface area contributed by atoms with Crippen LogP contribution in [0.25, 0.3) is 0 Å². The number of hydrogen-bond acceptors (Lipinski definition) is 2. The van der Waals surface area contributed by atoms with Crippen molar-refractivity contribution in [3.63, 3.8) is 0 Å². The second kappa shape index (κ2) is 7.10. The number of carbonyl (C=O) groups excluding carboxylic acids is 1. The smallest absolute Gasteiger partial charge is 0.311 e. The third kappa shape index (κ3) is 4.59. The molecule has 0 aliphatic heterocycles. The summed E-state index contributed by atoms with van der Waals surface area (Å²) < 4.78 is 5.25. The van der Waals surface area contributed by atoms with Gasteiger partial charge in [-0.2, -0.15) is 0 Å². The van der Waals surface area contributed by atoms with Crippen LogP contribution in [-0.4, -0.2) is 5.97 Å². The lowest BCUT2D eigenvalue weighted by Crippen LogP contribution is -2.07. The number of ether oxygens (including phenoxy) is 1. The van der Waals surface area contributed by atoms with Gasteiger partial charge in [0.05, 0.1) is 0 Å². The van der Waals surface area contributed by atoms with Crippen LogP contribution in [0.4, 0.5) is 0 Å². The molecule has 0 amide bonds. The lowest BCUT2D eigenvalue weighted by Gasteiger charge is -2.09. The van der Waals surface area contributed by atoms with Gasteiger partial charge in [-0.1, -0.05) is 39.3 Å². The highest BCUT2D eigenvalue weighted by atomic mass is 16.5. The van der Waals surface area contributed by atoms with E-state index in [0.29, 0.717) is 18.1 Å². The molecule has 1 atom stereocenters. The largest absolute Gasteiger partial charge is 0.427 e. The van der Waals surface area contributed by atoms with Crippen LogP contribution in [0.15, 0.2) is 24.3 Å². The van der Waals surface area contributed by atoms with Gasteiger partial charge in [-0.15, -0.1) is 0 Å². The Hall–Kier alpha value is -1.31. The molecule has 0 N–H and O–H groups in total. The predicted octanol–water partition coefficient (Wildman–Crippen LogP) is 4.30. The molecule has 0 heterocycles. The van der Waals surface area contributed by atoms with Gasteiger partial charge in [-0.25, -0.2) is 0 Å². The maximum absolute atomic E-state index is 11.4. The first-order valence-electron chi connectivity index (χ1n) is 6.48. The summed E-state index contributed by atoms with van der Waals surface area (Å²) in [6.45, 7) is 6.43. The third-order valence-corrected chi connectivity index (χ3v) is 3.03. The Bertz CT molecular complexity index is 340. The van der Waals surface area contributed by atoms with Gasteiger partial charge >= 0.3 is 5.97 Å². The highest BCUT2D eigenvalue weighted by Crippen LogP contribution is 2.21. The molecule has 0 aromatic heterocycles. The molecule has 0 fully saturated rings. The SMILES string of the molecule is CCCCC(=O)Oc1ccc(C(C)CC)cc1. The summed E-state index contributed by atoms with van der Waals surface area (Å²) in [7, 11) is 0. The lowest BCUT2D eigenvalue weighted by molar-refractivity contribution is -0.134. The first-order valence-corrected chi connectivity index (χ1v) is 6.48. The number of carbonyl (C=O) groups is 1. The van der Waals surface area contributed by atoms with Gasteiger partial charge in [-0.05, 0) is 36.5 Å². The lowest BCUT2D eigenvalue weighted by atomic mass is 9.99. The van der Waals surface area contributed by atoms with Gasteiger partial charge in [0, 0.05) is 6.42 Å². The second-order valence-electron chi connectivity index (χ2n) is 4.46. The molecule has 0 bridgehead atoms. The normalized spacial score (nSPS) is 12.2. The number of unbranched alkanes of at least 4 members (excludes halogenated alkanes) is 1. The minimum absolute atomic E-state index is 0.136. The molecule has 0 saturated carbocycles. The van der Waals surface area contributed by atoms with E-state index in [4.69, 9.17) is 4.74 Å². The molecule has 0 aliphatic rings. The minimum atomic E-state index is -0.136. The van der Waals surface area contributed by atoms with Crippen molar-refractivity contribution < 1.29 is 9.53 Å². The molecule has 0 aliphatic carbocycles. The van der Waals surface area contributed by atoms with Crippen molar-refractivity contribution in [2.45, 2.75) is 52.4 Å². The first-order chi connectivity index (χ1) is 8.17. The van der Waals surface area contributed by atoms with E-state index in [0.717, 1.165) is 19.3 Å². The van der Waals surface area contributed by atoms with Gasteiger partial charge in [0.25, 0.3) is 0 Å². The number of benzene rings is 1. The summed E-state index contributed by atoms with van der Waals surface area (Å²) >= 11 is 0. The fourth-order valence-corrected chi connectivity index (χ4v) is 1.60. The molecule has 0 radical (unpaired) electrons. The highest BCUT2D eigenvalue weighted by Gasteiger charge is 2.06. The topological polar surface area (TPSA) is 26.3 Å². The van der Waals surface area contributed by atoms with Crippen LogP contribution in [0.1, 0.15) is 57.9 Å². The Labute approximate surface area is 104 Å². The van der Waals surface area contributed by atoms with Gasteiger partial charge in [0.1, 0.15) is 5.75 Å².